The van der Waals surface area contributed by atoms with Gasteiger partial charge in [0.05, 0.1) is 6.54 Å². The highest BCUT2D eigenvalue weighted by molar-refractivity contribution is 6.04. The number of anilines is 2. The molecule has 0 unspecified atom stereocenters. The minimum Gasteiger partial charge on any atom is -0.353 e. The maximum atomic E-state index is 13.3. The number of piperazine rings is 1. The lowest BCUT2D eigenvalue weighted by Gasteiger charge is -2.32. The molecular formula is C23H25N5O. The summed E-state index contributed by atoms with van der Waals surface area (Å²) in [6, 6.07) is 23.3. The van der Waals surface area contributed by atoms with Gasteiger partial charge in [0.1, 0.15) is 0 Å². The Balaban J connectivity index is 1.55. The predicted molar refractivity (Wildman–Crippen MR) is 115 cm³/mol. The van der Waals surface area contributed by atoms with E-state index in [2.05, 4.69) is 27.0 Å². The molecule has 3 aromatic rings. The van der Waals surface area contributed by atoms with Gasteiger partial charge in [-0.3, -0.25) is 4.79 Å². The number of carbonyl (C=O) groups excluding carboxylic acids is 1. The van der Waals surface area contributed by atoms with Crippen LogP contribution in [0.4, 0.5) is 11.5 Å². The van der Waals surface area contributed by atoms with Gasteiger partial charge in [-0.2, -0.15) is 0 Å². The molecule has 0 aliphatic carbocycles. The summed E-state index contributed by atoms with van der Waals surface area (Å²) in [4.78, 5) is 19.5. The second-order valence-electron chi connectivity index (χ2n) is 7.28. The van der Waals surface area contributed by atoms with Gasteiger partial charge < -0.3 is 14.7 Å². The summed E-state index contributed by atoms with van der Waals surface area (Å²) in [5, 5.41) is 8.61. The lowest BCUT2D eigenvalue weighted by Crippen LogP contribution is -2.45. The second-order valence-corrected chi connectivity index (χ2v) is 7.28. The summed E-state index contributed by atoms with van der Waals surface area (Å²) in [5.74, 6) is 0.668. The predicted octanol–water partition coefficient (Wildman–Crippen LogP) is 3.08. The van der Waals surface area contributed by atoms with Crippen LogP contribution in [0.25, 0.3) is 0 Å². The monoisotopic (exact) mass is 387 g/mol. The maximum Gasteiger partial charge on any atom is 0.279 e. The first-order valence-electron chi connectivity index (χ1n) is 9.89. The number of nitrogens with zero attached hydrogens (tertiary/aromatic N) is 5. The summed E-state index contributed by atoms with van der Waals surface area (Å²) in [6.45, 7) is 4.32. The Hall–Kier alpha value is -3.25. The SMILES string of the molecule is CN1CCN(c2ccc(C(=O)N(Cc3ccccc3)c3ccccc3)nn2)CC1. The van der Waals surface area contributed by atoms with E-state index in [0.29, 0.717) is 12.2 Å². The minimum absolute atomic E-state index is 0.155. The molecule has 0 saturated carbocycles. The molecule has 1 aromatic heterocycles. The Bertz CT molecular complexity index is 923. The van der Waals surface area contributed by atoms with Gasteiger partial charge >= 0.3 is 0 Å². The molecule has 1 amide bonds. The Morgan fingerprint density at radius 1 is 0.862 bits per heavy atom. The fraction of sp³-hybridized carbons (Fsp3) is 0.261. The minimum atomic E-state index is -0.155. The van der Waals surface area contributed by atoms with Crippen molar-refractivity contribution in [3.63, 3.8) is 0 Å². The fourth-order valence-corrected chi connectivity index (χ4v) is 3.44. The summed E-state index contributed by atoms with van der Waals surface area (Å²) < 4.78 is 0. The summed E-state index contributed by atoms with van der Waals surface area (Å²) >= 11 is 0. The highest BCUT2D eigenvalue weighted by Gasteiger charge is 2.21. The van der Waals surface area contributed by atoms with Gasteiger partial charge in [-0.25, -0.2) is 0 Å². The molecule has 148 valence electrons. The molecule has 6 heteroatoms. The van der Waals surface area contributed by atoms with E-state index in [9.17, 15) is 4.79 Å². The van der Waals surface area contributed by atoms with Gasteiger partial charge in [-0.1, -0.05) is 48.5 Å². The third-order valence-corrected chi connectivity index (χ3v) is 5.19. The number of para-hydroxylation sites is 1. The maximum absolute atomic E-state index is 13.3. The topological polar surface area (TPSA) is 52.6 Å². The summed E-state index contributed by atoms with van der Waals surface area (Å²) in [7, 11) is 2.12. The van der Waals surface area contributed by atoms with Crippen LogP contribution in [-0.4, -0.2) is 54.2 Å². The van der Waals surface area contributed by atoms with Gasteiger partial charge in [-0.05, 0) is 36.9 Å². The molecule has 4 rings (SSSR count). The van der Waals surface area contributed by atoms with Crippen LogP contribution in [0.1, 0.15) is 16.1 Å². The Morgan fingerprint density at radius 2 is 1.52 bits per heavy atom. The third-order valence-electron chi connectivity index (χ3n) is 5.19. The number of amides is 1. The van der Waals surface area contributed by atoms with Crippen LogP contribution in [0.2, 0.25) is 0 Å². The second kappa shape index (κ2) is 8.84. The zero-order valence-electron chi connectivity index (χ0n) is 16.6. The standard InChI is InChI=1S/C23H25N5O/c1-26-14-16-27(17-15-26)22-13-12-21(24-25-22)23(29)28(20-10-6-3-7-11-20)18-19-8-4-2-5-9-19/h2-13H,14-18H2,1H3. The number of benzene rings is 2. The van der Waals surface area contributed by atoms with Gasteiger partial charge in [0.2, 0.25) is 0 Å². The average Bonchev–Trinajstić information content (AvgIpc) is 2.79. The molecule has 1 fully saturated rings. The summed E-state index contributed by atoms with van der Waals surface area (Å²) in [6.07, 6.45) is 0. The van der Waals surface area contributed by atoms with Crippen molar-refractivity contribution in [2.45, 2.75) is 6.54 Å². The Morgan fingerprint density at radius 3 is 2.14 bits per heavy atom. The first kappa shape index (κ1) is 19.1. The van der Waals surface area contributed by atoms with Crippen molar-refractivity contribution in [2.75, 3.05) is 43.0 Å². The first-order valence-corrected chi connectivity index (χ1v) is 9.89. The smallest absolute Gasteiger partial charge is 0.279 e. The largest absolute Gasteiger partial charge is 0.353 e. The van der Waals surface area contributed by atoms with Crippen molar-refractivity contribution >= 4 is 17.4 Å². The zero-order chi connectivity index (χ0) is 20.1. The molecule has 0 radical (unpaired) electrons. The van der Waals surface area contributed by atoms with E-state index >= 15 is 0 Å². The molecule has 0 atom stereocenters. The number of aromatic nitrogens is 2. The van der Waals surface area contributed by atoms with Crippen molar-refractivity contribution < 1.29 is 4.79 Å². The molecule has 29 heavy (non-hydrogen) atoms. The van der Waals surface area contributed by atoms with Crippen LogP contribution >= 0.6 is 0 Å². The lowest BCUT2D eigenvalue weighted by atomic mass is 10.2. The van der Waals surface area contributed by atoms with E-state index in [4.69, 9.17) is 0 Å². The molecule has 2 heterocycles. The molecular weight excluding hydrogens is 362 g/mol. The van der Waals surface area contributed by atoms with Crippen LogP contribution in [-0.2, 0) is 6.54 Å². The highest BCUT2D eigenvalue weighted by Crippen LogP contribution is 2.20. The van der Waals surface area contributed by atoms with E-state index < -0.39 is 0 Å². The van der Waals surface area contributed by atoms with Crippen LogP contribution in [0.3, 0.4) is 0 Å². The fourth-order valence-electron chi connectivity index (χ4n) is 3.44. The number of likely N-dealkylation sites (N-methyl/N-ethyl adjacent to an activating group) is 1. The average molecular weight is 387 g/mol. The van der Waals surface area contributed by atoms with Crippen molar-refractivity contribution in [1.82, 2.24) is 15.1 Å². The van der Waals surface area contributed by atoms with Gasteiger partial charge in [0.25, 0.3) is 5.91 Å². The number of hydrogen-bond acceptors (Lipinski definition) is 5. The normalized spacial score (nSPS) is 14.6. The lowest BCUT2D eigenvalue weighted by molar-refractivity contribution is 0.0979. The molecule has 1 saturated heterocycles. The van der Waals surface area contributed by atoms with Crippen molar-refractivity contribution in [3.05, 3.63) is 84.1 Å². The third kappa shape index (κ3) is 4.60. The van der Waals surface area contributed by atoms with Crippen LogP contribution in [0.15, 0.2) is 72.8 Å². The van der Waals surface area contributed by atoms with Crippen molar-refractivity contribution in [1.29, 1.82) is 0 Å². The van der Waals surface area contributed by atoms with Crippen LogP contribution < -0.4 is 9.80 Å². The molecule has 0 spiro atoms. The number of hydrogen-bond donors (Lipinski definition) is 0. The molecule has 0 N–H and O–H groups in total. The molecule has 0 bridgehead atoms. The molecule has 1 aliphatic heterocycles. The van der Waals surface area contributed by atoms with Gasteiger partial charge in [0, 0.05) is 31.9 Å². The van der Waals surface area contributed by atoms with E-state index in [1.54, 1.807) is 11.0 Å². The van der Waals surface area contributed by atoms with Crippen molar-refractivity contribution in [3.8, 4) is 0 Å². The van der Waals surface area contributed by atoms with E-state index in [-0.39, 0.29) is 5.91 Å². The van der Waals surface area contributed by atoms with Gasteiger partial charge in [0.15, 0.2) is 11.5 Å². The van der Waals surface area contributed by atoms with Crippen LogP contribution in [0, 0.1) is 0 Å². The number of carbonyl (C=O) groups is 1. The Kier molecular flexibility index (Phi) is 5.81. The molecule has 6 nitrogen and oxygen atoms in total. The molecule has 1 aliphatic rings. The quantitative estimate of drug-likeness (QED) is 0.673. The van der Waals surface area contributed by atoms with Gasteiger partial charge in [-0.15, -0.1) is 10.2 Å². The summed E-state index contributed by atoms with van der Waals surface area (Å²) in [5.41, 5.74) is 2.25. The number of rotatable bonds is 5. The zero-order valence-corrected chi connectivity index (χ0v) is 16.6. The van der Waals surface area contributed by atoms with E-state index in [1.165, 1.54) is 0 Å². The van der Waals surface area contributed by atoms with Crippen LogP contribution in [0.5, 0.6) is 0 Å². The molecule has 2 aromatic carbocycles. The van der Waals surface area contributed by atoms with E-state index in [0.717, 1.165) is 43.2 Å². The Labute approximate surface area is 171 Å². The van der Waals surface area contributed by atoms with Crippen molar-refractivity contribution in [2.24, 2.45) is 0 Å². The first-order chi connectivity index (χ1) is 14.2. The highest BCUT2D eigenvalue weighted by atomic mass is 16.2. The van der Waals surface area contributed by atoms with E-state index in [1.807, 2.05) is 66.7 Å².